The van der Waals surface area contributed by atoms with Gasteiger partial charge in [0.15, 0.2) is 0 Å². The van der Waals surface area contributed by atoms with Crippen LogP contribution in [0.2, 0.25) is 5.02 Å². The second kappa shape index (κ2) is 6.29. The molecule has 0 aliphatic heterocycles. The molecule has 0 bridgehead atoms. The molecule has 1 unspecified atom stereocenters. The van der Waals surface area contributed by atoms with Crippen LogP contribution in [0.3, 0.4) is 0 Å². The van der Waals surface area contributed by atoms with Gasteiger partial charge >= 0.3 is 0 Å². The first-order valence-corrected chi connectivity index (χ1v) is 7.85. The lowest BCUT2D eigenvalue weighted by Crippen LogP contribution is -1.98. The topological polar surface area (TPSA) is 9.23 Å². The third-order valence-electron chi connectivity index (χ3n) is 2.85. The number of methoxy groups -OCH3 is 1. The number of alkyl halides is 1. The number of ether oxygens (including phenoxy) is 1. The molecule has 100 valence electrons. The fourth-order valence-electron chi connectivity index (χ4n) is 1.99. The highest BCUT2D eigenvalue weighted by Crippen LogP contribution is 2.42. The van der Waals surface area contributed by atoms with Gasteiger partial charge in [-0.05, 0) is 40.5 Å². The lowest BCUT2D eigenvalue weighted by Gasteiger charge is -2.17. The molecule has 0 spiro atoms. The second-order valence-corrected chi connectivity index (χ2v) is 6.49. The van der Waals surface area contributed by atoms with Crippen LogP contribution >= 0.6 is 43.5 Å². The fraction of sp³-hybridized carbons (Fsp3) is 0.200. The van der Waals surface area contributed by atoms with Gasteiger partial charge < -0.3 is 4.74 Å². The molecule has 4 heteroatoms. The maximum Gasteiger partial charge on any atom is 0.137 e. The Hall–Kier alpha value is -0.510. The van der Waals surface area contributed by atoms with Crippen LogP contribution in [0.25, 0.3) is 0 Å². The first-order valence-electron chi connectivity index (χ1n) is 5.76. The Morgan fingerprint density at radius 1 is 1.21 bits per heavy atom. The molecule has 0 radical (unpaired) electrons. The minimum absolute atomic E-state index is 0.0392. The van der Waals surface area contributed by atoms with Crippen molar-refractivity contribution < 1.29 is 4.74 Å². The normalized spacial score (nSPS) is 12.3. The fourth-order valence-corrected chi connectivity index (χ4v) is 3.61. The van der Waals surface area contributed by atoms with E-state index in [1.807, 2.05) is 18.2 Å². The van der Waals surface area contributed by atoms with Crippen molar-refractivity contribution in [1.82, 2.24) is 0 Å². The minimum Gasteiger partial charge on any atom is -0.495 e. The minimum atomic E-state index is 0.0392. The Morgan fingerprint density at radius 3 is 2.58 bits per heavy atom. The number of halogens is 3. The molecule has 0 aromatic heterocycles. The summed E-state index contributed by atoms with van der Waals surface area (Å²) in [5, 5.41) is 0.680. The van der Waals surface area contributed by atoms with Crippen molar-refractivity contribution in [2.75, 3.05) is 7.11 Å². The molecule has 1 nitrogen and oxygen atoms in total. The van der Waals surface area contributed by atoms with E-state index in [1.54, 1.807) is 7.11 Å². The van der Waals surface area contributed by atoms with E-state index < -0.39 is 0 Å². The molecule has 0 saturated heterocycles. The van der Waals surface area contributed by atoms with Gasteiger partial charge in [-0.25, -0.2) is 0 Å². The van der Waals surface area contributed by atoms with Crippen LogP contribution in [0, 0.1) is 6.92 Å². The molecule has 1 atom stereocenters. The van der Waals surface area contributed by atoms with E-state index in [2.05, 4.69) is 57.0 Å². The summed E-state index contributed by atoms with van der Waals surface area (Å²) in [5.41, 5.74) is 3.40. The summed E-state index contributed by atoms with van der Waals surface area (Å²) >= 11 is 13.3. The first-order chi connectivity index (χ1) is 9.02. The van der Waals surface area contributed by atoms with Crippen molar-refractivity contribution in [3.05, 3.63) is 62.6 Å². The third-order valence-corrected chi connectivity index (χ3v) is 4.68. The van der Waals surface area contributed by atoms with Gasteiger partial charge in [0, 0.05) is 10.6 Å². The van der Waals surface area contributed by atoms with Crippen LogP contribution in [0.4, 0.5) is 0 Å². The molecule has 0 heterocycles. The SMILES string of the molecule is COc1c(Br)cc(Cl)cc1C(Br)c1cccc(C)c1. The largest absolute Gasteiger partial charge is 0.495 e. The van der Waals surface area contributed by atoms with E-state index in [0.29, 0.717) is 5.02 Å². The zero-order chi connectivity index (χ0) is 14.0. The standard InChI is InChI=1S/C15H13Br2ClO/c1-9-4-3-5-10(6-9)14(17)12-7-11(18)8-13(16)15(12)19-2/h3-8,14H,1-2H3. The van der Waals surface area contributed by atoms with Gasteiger partial charge in [-0.15, -0.1) is 0 Å². The molecule has 2 aromatic rings. The molecule has 0 aliphatic carbocycles. The third kappa shape index (κ3) is 3.33. The van der Waals surface area contributed by atoms with E-state index in [9.17, 15) is 0 Å². The van der Waals surface area contributed by atoms with Crippen molar-refractivity contribution in [1.29, 1.82) is 0 Å². The summed E-state index contributed by atoms with van der Waals surface area (Å²) in [4.78, 5) is 0.0392. The van der Waals surface area contributed by atoms with Crippen LogP contribution in [0.1, 0.15) is 21.5 Å². The van der Waals surface area contributed by atoms with Gasteiger partial charge in [-0.3, -0.25) is 0 Å². The Balaban J connectivity index is 2.52. The lowest BCUT2D eigenvalue weighted by atomic mass is 10.0. The van der Waals surface area contributed by atoms with Crippen LogP contribution in [0.15, 0.2) is 40.9 Å². The lowest BCUT2D eigenvalue weighted by molar-refractivity contribution is 0.408. The van der Waals surface area contributed by atoms with Crippen LogP contribution in [-0.2, 0) is 0 Å². The van der Waals surface area contributed by atoms with E-state index >= 15 is 0 Å². The highest BCUT2D eigenvalue weighted by molar-refractivity contribution is 9.10. The molecule has 0 saturated carbocycles. The van der Waals surface area contributed by atoms with Crippen molar-refractivity contribution in [2.24, 2.45) is 0 Å². The van der Waals surface area contributed by atoms with E-state index in [1.165, 1.54) is 11.1 Å². The maximum atomic E-state index is 6.14. The van der Waals surface area contributed by atoms with Crippen LogP contribution in [-0.4, -0.2) is 7.11 Å². The molecule has 19 heavy (non-hydrogen) atoms. The predicted octanol–water partition coefficient (Wildman–Crippen LogP) is 5.90. The second-order valence-electron chi connectivity index (χ2n) is 4.29. The molecular weight excluding hydrogens is 391 g/mol. The Kier molecular flexibility index (Phi) is 4.93. The summed E-state index contributed by atoms with van der Waals surface area (Å²) < 4.78 is 6.32. The first kappa shape index (κ1) is 14.9. The summed E-state index contributed by atoms with van der Waals surface area (Å²) in [7, 11) is 1.66. The quantitative estimate of drug-likeness (QED) is 0.579. The van der Waals surface area contributed by atoms with Crippen molar-refractivity contribution in [3.8, 4) is 5.75 Å². The van der Waals surface area contributed by atoms with Crippen molar-refractivity contribution in [3.63, 3.8) is 0 Å². The predicted molar refractivity (Wildman–Crippen MR) is 87.7 cm³/mol. The van der Waals surface area contributed by atoms with Crippen LogP contribution < -0.4 is 4.74 Å². The molecule has 0 aliphatic rings. The Bertz CT molecular complexity index is 599. The molecule has 0 fully saturated rings. The maximum absolute atomic E-state index is 6.14. The zero-order valence-corrected chi connectivity index (χ0v) is 14.5. The number of hydrogen-bond donors (Lipinski definition) is 0. The highest BCUT2D eigenvalue weighted by atomic mass is 79.9. The van der Waals surface area contributed by atoms with Gasteiger partial charge in [0.1, 0.15) is 5.75 Å². The number of aryl methyl sites for hydroxylation is 1. The van der Waals surface area contributed by atoms with Crippen molar-refractivity contribution >= 4 is 43.5 Å². The van der Waals surface area contributed by atoms with E-state index in [-0.39, 0.29) is 4.83 Å². The Morgan fingerprint density at radius 2 is 1.95 bits per heavy atom. The molecule has 0 amide bonds. The molecule has 2 aromatic carbocycles. The van der Waals surface area contributed by atoms with Gasteiger partial charge in [0.25, 0.3) is 0 Å². The highest BCUT2D eigenvalue weighted by Gasteiger charge is 2.18. The van der Waals surface area contributed by atoms with E-state index in [0.717, 1.165) is 15.8 Å². The van der Waals surface area contributed by atoms with Crippen molar-refractivity contribution in [2.45, 2.75) is 11.8 Å². The number of hydrogen-bond acceptors (Lipinski definition) is 1. The van der Waals surface area contributed by atoms with Gasteiger partial charge in [-0.1, -0.05) is 57.4 Å². The molecule has 2 rings (SSSR count). The molecule has 0 N–H and O–H groups in total. The van der Waals surface area contributed by atoms with Gasteiger partial charge in [0.2, 0.25) is 0 Å². The molecular formula is C15H13Br2ClO. The van der Waals surface area contributed by atoms with Gasteiger partial charge in [0.05, 0.1) is 16.4 Å². The van der Waals surface area contributed by atoms with Crippen LogP contribution in [0.5, 0.6) is 5.75 Å². The number of benzene rings is 2. The zero-order valence-electron chi connectivity index (χ0n) is 10.6. The Labute approximate surface area is 135 Å². The summed E-state index contributed by atoms with van der Waals surface area (Å²) in [5.74, 6) is 0.799. The average Bonchev–Trinajstić information content (AvgIpc) is 2.37. The average molecular weight is 405 g/mol. The van der Waals surface area contributed by atoms with E-state index in [4.69, 9.17) is 16.3 Å². The summed E-state index contributed by atoms with van der Waals surface area (Å²) in [6.45, 7) is 2.08. The number of rotatable bonds is 3. The summed E-state index contributed by atoms with van der Waals surface area (Å²) in [6.07, 6.45) is 0. The smallest absolute Gasteiger partial charge is 0.137 e. The summed E-state index contributed by atoms with van der Waals surface area (Å²) in [6, 6.07) is 12.1. The monoisotopic (exact) mass is 402 g/mol. The van der Waals surface area contributed by atoms with Gasteiger partial charge in [-0.2, -0.15) is 0 Å².